The van der Waals surface area contributed by atoms with Crippen LogP contribution in [0.25, 0.3) is 89.4 Å². The van der Waals surface area contributed by atoms with Gasteiger partial charge in [0.05, 0.1) is 16.4 Å². The molecule has 11 aromatic rings. The Bertz CT molecular complexity index is 3220. The Kier molecular flexibility index (Phi) is 5.97. The molecule has 0 bridgehead atoms. The van der Waals surface area contributed by atoms with E-state index in [0.717, 1.165) is 49.4 Å². The highest BCUT2D eigenvalue weighted by Gasteiger charge is 2.51. The van der Waals surface area contributed by atoms with Gasteiger partial charge in [0.2, 0.25) is 11.9 Å². The Balaban J connectivity index is 1.11. The number of hydrogen-bond donors (Lipinski definition) is 0. The zero-order valence-corrected chi connectivity index (χ0v) is 30.4. The van der Waals surface area contributed by atoms with Gasteiger partial charge >= 0.3 is 0 Å². The van der Waals surface area contributed by atoms with Crippen LogP contribution in [0.1, 0.15) is 22.3 Å². The molecule has 13 rings (SSSR count). The lowest BCUT2D eigenvalue weighted by molar-refractivity contribution is 0.793. The monoisotopic (exact) mass is 727 g/mol. The van der Waals surface area contributed by atoms with E-state index in [1.54, 1.807) is 0 Å². The Hall–Kier alpha value is -7.77. The maximum atomic E-state index is 5.33. The number of rotatable bonds is 3. The molecule has 7 nitrogen and oxygen atoms in total. The highest BCUT2D eigenvalue weighted by Crippen LogP contribution is 2.62. The van der Waals surface area contributed by atoms with Crippen molar-refractivity contribution in [2.45, 2.75) is 5.41 Å². The van der Waals surface area contributed by atoms with E-state index in [-0.39, 0.29) is 0 Å². The summed E-state index contributed by atoms with van der Waals surface area (Å²) in [6.07, 6.45) is 3.65. The van der Waals surface area contributed by atoms with Crippen LogP contribution in [-0.2, 0) is 5.41 Å². The van der Waals surface area contributed by atoms with Crippen molar-refractivity contribution in [1.82, 2.24) is 34.1 Å². The Morgan fingerprint density at radius 1 is 0.368 bits per heavy atom. The summed E-state index contributed by atoms with van der Waals surface area (Å²) in [5.74, 6) is 1.53. The molecule has 0 radical (unpaired) electrons. The second kappa shape index (κ2) is 11.1. The number of benzene rings is 6. The summed E-state index contributed by atoms with van der Waals surface area (Å²) in [5, 5.41) is 4.23. The first kappa shape index (κ1) is 30.5. The van der Waals surface area contributed by atoms with E-state index in [9.17, 15) is 0 Å². The molecule has 1 spiro atoms. The topological polar surface area (TPSA) is 74.3 Å². The molecule has 0 atom stereocenters. The molecule has 0 unspecified atom stereocenters. The van der Waals surface area contributed by atoms with Crippen LogP contribution in [0.2, 0.25) is 0 Å². The molecule has 7 heteroatoms. The molecule has 0 saturated carbocycles. The summed E-state index contributed by atoms with van der Waals surface area (Å²) in [6, 6.07) is 58.2. The normalized spacial score (nSPS) is 13.4. The molecule has 6 aromatic carbocycles. The number of aromatic nitrogens is 7. The smallest absolute Gasteiger partial charge is 0.241 e. The molecular weight excluding hydrogens is 699 g/mol. The largest absolute Gasteiger partial charge is 0.262 e. The van der Waals surface area contributed by atoms with E-state index < -0.39 is 5.41 Å². The molecule has 2 aliphatic rings. The van der Waals surface area contributed by atoms with Gasteiger partial charge < -0.3 is 0 Å². The van der Waals surface area contributed by atoms with E-state index in [0.29, 0.717) is 17.7 Å². The minimum atomic E-state index is -0.434. The lowest BCUT2D eigenvalue weighted by Crippen LogP contribution is -2.25. The lowest BCUT2D eigenvalue weighted by atomic mass is 9.70. The average molecular weight is 728 g/mol. The van der Waals surface area contributed by atoms with E-state index >= 15 is 0 Å². The van der Waals surface area contributed by atoms with Crippen molar-refractivity contribution < 1.29 is 0 Å². The summed E-state index contributed by atoms with van der Waals surface area (Å²) in [5.41, 5.74) is 14.1. The van der Waals surface area contributed by atoms with Gasteiger partial charge in [0.25, 0.3) is 0 Å². The molecular formula is C50H29N7. The minimum absolute atomic E-state index is 0.434. The Morgan fingerprint density at radius 2 is 0.807 bits per heavy atom. The fourth-order valence-corrected chi connectivity index (χ4v) is 9.92. The van der Waals surface area contributed by atoms with Crippen LogP contribution < -0.4 is 0 Å². The van der Waals surface area contributed by atoms with E-state index in [1.807, 2.05) is 36.7 Å². The minimum Gasteiger partial charge on any atom is -0.262 e. The van der Waals surface area contributed by atoms with E-state index in [2.05, 4.69) is 149 Å². The van der Waals surface area contributed by atoms with Crippen LogP contribution in [0.15, 0.2) is 176 Å². The zero-order chi connectivity index (χ0) is 37.2. The molecule has 0 aliphatic heterocycles. The third-order valence-electron chi connectivity index (χ3n) is 12.1. The highest BCUT2D eigenvalue weighted by molar-refractivity contribution is 6.08. The van der Waals surface area contributed by atoms with Gasteiger partial charge in [-0.05, 0) is 87.0 Å². The molecule has 0 amide bonds. The second-order valence-corrected chi connectivity index (χ2v) is 14.9. The zero-order valence-electron chi connectivity index (χ0n) is 30.4. The number of para-hydroxylation sites is 2. The number of fused-ring (bicyclic) bond motifs is 16. The third kappa shape index (κ3) is 3.92. The van der Waals surface area contributed by atoms with Gasteiger partial charge in [-0.2, -0.15) is 15.0 Å². The van der Waals surface area contributed by atoms with E-state index in [4.69, 9.17) is 24.9 Å². The van der Waals surface area contributed by atoms with Gasteiger partial charge in [-0.1, -0.05) is 121 Å². The predicted octanol–water partition coefficient (Wildman–Crippen LogP) is 10.9. The maximum absolute atomic E-state index is 5.33. The fraction of sp³-hybridized carbons (Fsp3) is 0.0200. The average Bonchev–Trinajstić information content (AvgIpc) is 3.98. The van der Waals surface area contributed by atoms with Crippen LogP contribution in [0.3, 0.4) is 0 Å². The van der Waals surface area contributed by atoms with Crippen molar-refractivity contribution in [2.24, 2.45) is 0 Å². The van der Waals surface area contributed by atoms with Crippen LogP contribution in [-0.4, -0.2) is 34.1 Å². The van der Waals surface area contributed by atoms with Crippen molar-refractivity contribution in [1.29, 1.82) is 0 Å². The van der Waals surface area contributed by atoms with Gasteiger partial charge in [-0.25, -0.2) is 9.97 Å². The van der Waals surface area contributed by atoms with Gasteiger partial charge in [0.1, 0.15) is 11.3 Å². The summed E-state index contributed by atoms with van der Waals surface area (Å²) >= 11 is 0. The first-order valence-electron chi connectivity index (χ1n) is 19.2. The fourth-order valence-electron chi connectivity index (χ4n) is 9.92. The van der Waals surface area contributed by atoms with Crippen molar-refractivity contribution >= 4 is 43.9 Å². The molecule has 5 aromatic heterocycles. The van der Waals surface area contributed by atoms with Gasteiger partial charge in [0, 0.05) is 39.5 Å². The molecule has 2 aliphatic carbocycles. The third-order valence-corrected chi connectivity index (χ3v) is 12.1. The van der Waals surface area contributed by atoms with Gasteiger partial charge in [-0.15, -0.1) is 0 Å². The first-order valence-corrected chi connectivity index (χ1v) is 19.2. The summed E-state index contributed by atoms with van der Waals surface area (Å²) in [4.78, 5) is 25.7. The predicted molar refractivity (Wildman–Crippen MR) is 226 cm³/mol. The number of nitrogens with zero attached hydrogens (tertiary/aromatic N) is 7. The molecule has 0 fully saturated rings. The second-order valence-electron chi connectivity index (χ2n) is 14.9. The molecule has 5 heterocycles. The first-order chi connectivity index (χ1) is 28.3. The molecule has 0 N–H and O–H groups in total. The molecule has 0 saturated heterocycles. The Labute approximate surface area is 326 Å². The maximum Gasteiger partial charge on any atom is 0.241 e. The van der Waals surface area contributed by atoms with Crippen LogP contribution in [0.4, 0.5) is 0 Å². The Morgan fingerprint density at radius 3 is 1.35 bits per heavy atom. The molecule has 57 heavy (non-hydrogen) atoms. The highest BCUT2D eigenvalue weighted by atomic mass is 15.3. The number of hydrogen-bond acceptors (Lipinski definition) is 5. The number of pyridine rings is 2. The van der Waals surface area contributed by atoms with Crippen molar-refractivity contribution in [3.05, 3.63) is 198 Å². The van der Waals surface area contributed by atoms with Crippen LogP contribution >= 0.6 is 0 Å². The summed E-state index contributed by atoms with van der Waals surface area (Å²) in [6.45, 7) is 0. The van der Waals surface area contributed by atoms with Crippen LogP contribution in [0.5, 0.6) is 0 Å². The summed E-state index contributed by atoms with van der Waals surface area (Å²) in [7, 11) is 0. The standard InChI is InChI=1S/C50H29N7/c1-6-20-39-31(13-1)32-14-2-7-21-40(32)50(39)41-22-8-3-15-33(41)38-29-30(25-26-42(38)50)45-53-48(56-43-23-9-4-16-34(43)36-18-11-27-51-46(36)56)55-49(54-45)57-44-24-10-5-17-35(44)37-19-12-28-52-47(37)57/h1-29H. The van der Waals surface area contributed by atoms with Crippen molar-refractivity contribution in [3.63, 3.8) is 0 Å². The van der Waals surface area contributed by atoms with Crippen molar-refractivity contribution in [3.8, 4) is 45.5 Å². The SMILES string of the molecule is c1ccc2c(c1)-c1ccccc1C21c2ccccc2-c2cc(-c3nc(-n4c5ccccc5c5cccnc54)nc(-n4c5ccccc5c5cccnc54)n3)ccc21. The quantitative estimate of drug-likeness (QED) is 0.181. The van der Waals surface area contributed by atoms with Crippen molar-refractivity contribution in [2.75, 3.05) is 0 Å². The summed E-state index contributed by atoms with van der Waals surface area (Å²) < 4.78 is 4.12. The lowest BCUT2D eigenvalue weighted by Gasteiger charge is -2.30. The van der Waals surface area contributed by atoms with Crippen LogP contribution in [0, 0.1) is 0 Å². The van der Waals surface area contributed by atoms with E-state index in [1.165, 1.54) is 44.5 Å². The van der Waals surface area contributed by atoms with Gasteiger partial charge in [-0.3, -0.25) is 9.13 Å². The van der Waals surface area contributed by atoms with Gasteiger partial charge in [0.15, 0.2) is 5.82 Å². The molecule has 264 valence electrons.